The van der Waals surface area contributed by atoms with Crippen LogP contribution in [0.25, 0.3) is 0 Å². The van der Waals surface area contributed by atoms with Gasteiger partial charge in [-0.05, 0) is 18.6 Å². The van der Waals surface area contributed by atoms with Gasteiger partial charge in [0.1, 0.15) is 12.4 Å². The van der Waals surface area contributed by atoms with Gasteiger partial charge in [0, 0.05) is 25.0 Å². The Morgan fingerprint density at radius 1 is 1.52 bits per heavy atom. The molecule has 0 spiro atoms. The lowest BCUT2D eigenvalue weighted by Crippen LogP contribution is -2.32. The topological polar surface area (TPSA) is 106 Å². The van der Waals surface area contributed by atoms with E-state index >= 15 is 0 Å². The van der Waals surface area contributed by atoms with Gasteiger partial charge in [-0.1, -0.05) is 6.07 Å². The Kier molecular flexibility index (Phi) is 4.96. The predicted molar refractivity (Wildman–Crippen MR) is 75.5 cm³/mol. The normalized spacial score (nSPS) is 13.8. The summed E-state index contributed by atoms with van der Waals surface area (Å²) in [5.41, 5.74) is 0.943. The zero-order valence-electron chi connectivity index (χ0n) is 11.6. The molecule has 0 aliphatic carbocycles. The number of aliphatic hydroxyl groups is 1. The molecule has 0 saturated carbocycles. The molecule has 2 N–H and O–H groups in total. The molecule has 8 nitrogen and oxygen atoms in total. The maximum Gasteiger partial charge on any atom is 0.306 e. The van der Waals surface area contributed by atoms with Gasteiger partial charge in [0.15, 0.2) is 0 Å². The van der Waals surface area contributed by atoms with Gasteiger partial charge in [-0.3, -0.25) is 19.8 Å². The second kappa shape index (κ2) is 6.91. The van der Waals surface area contributed by atoms with Gasteiger partial charge < -0.3 is 10.4 Å². The lowest BCUT2D eigenvalue weighted by Gasteiger charge is -2.17. The first-order valence-electron chi connectivity index (χ1n) is 6.54. The van der Waals surface area contributed by atoms with E-state index in [1.165, 1.54) is 17.1 Å². The van der Waals surface area contributed by atoms with Gasteiger partial charge >= 0.3 is 5.69 Å². The van der Waals surface area contributed by atoms with Crippen LogP contribution in [0.4, 0.5) is 5.69 Å². The Morgan fingerprint density at radius 3 is 2.95 bits per heavy atom. The molecule has 0 saturated heterocycles. The van der Waals surface area contributed by atoms with E-state index in [1.54, 1.807) is 12.4 Å². The van der Waals surface area contributed by atoms with E-state index < -0.39 is 11.0 Å². The van der Waals surface area contributed by atoms with Crippen LogP contribution in [0.2, 0.25) is 0 Å². The summed E-state index contributed by atoms with van der Waals surface area (Å²) in [6.45, 7) is 2.52. The average molecular weight is 291 g/mol. The molecule has 8 heteroatoms. The number of nitrogens with zero attached hydrogens (tertiary/aromatic N) is 4. The van der Waals surface area contributed by atoms with Gasteiger partial charge in [-0.25, -0.2) is 0 Å². The summed E-state index contributed by atoms with van der Waals surface area (Å²) < 4.78 is 1.36. The number of aliphatic hydroxyl groups excluding tert-OH is 1. The molecule has 0 radical (unpaired) electrons. The minimum absolute atomic E-state index is 0.0558. The van der Waals surface area contributed by atoms with Crippen molar-refractivity contribution in [1.82, 2.24) is 20.1 Å². The van der Waals surface area contributed by atoms with Crippen molar-refractivity contribution in [2.45, 2.75) is 25.6 Å². The molecule has 2 rings (SSSR count). The maximum absolute atomic E-state index is 10.5. The van der Waals surface area contributed by atoms with Crippen LogP contribution in [-0.2, 0) is 6.54 Å². The van der Waals surface area contributed by atoms with E-state index in [4.69, 9.17) is 0 Å². The highest BCUT2D eigenvalue weighted by Gasteiger charge is 2.13. The number of hydrogen-bond donors (Lipinski definition) is 2. The van der Waals surface area contributed by atoms with Gasteiger partial charge in [-0.2, -0.15) is 5.10 Å². The molecule has 0 aromatic carbocycles. The van der Waals surface area contributed by atoms with E-state index in [0.717, 1.165) is 5.56 Å². The maximum atomic E-state index is 10.5. The van der Waals surface area contributed by atoms with Gasteiger partial charge in [0.05, 0.1) is 17.6 Å². The van der Waals surface area contributed by atoms with E-state index in [-0.39, 0.29) is 18.3 Å². The quantitative estimate of drug-likeness (QED) is 0.580. The van der Waals surface area contributed by atoms with Crippen LogP contribution in [0.3, 0.4) is 0 Å². The first kappa shape index (κ1) is 15.1. The van der Waals surface area contributed by atoms with Crippen molar-refractivity contribution in [3.05, 3.63) is 52.6 Å². The fourth-order valence-electron chi connectivity index (χ4n) is 1.89. The minimum atomic E-state index is -0.691. The zero-order valence-corrected chi connectivity index (χ0v) is 11.6. The highest BCUT2D eigenvalue weighted by atomic mass is 16.6. The van der Waals surface area contributed by atoms with Crippen LogP contribution in [0.5, 0.6) is 0 Å². The highest BCUT2D eigenvalue weighted by molar-refractivity contribution is 5.20. The van der Waals surface area contributed by atoms with Gasteiger partial charge in [0.25, 0.3) is 0 Å². The van der Waals surface area contributed by atoms with Gasteiger partial charge in [0.2, 0.25) is 0 Å². The average Bonchev–Trinajstić information content (AvgIpc) is 2.94. The van der Waals surface area contributed by atoms with Crippen LogP contribution in [0.1, 0.15) is 18.5 Å². The Morgan fingerprint density at radius 2 is 2.33 bits per heavy atom. The molecule has 2 atom stereocenters. The first-order chi connectivity index (χ1) is 10.1. The highest BCUT2D eigenvalue weighted by Crippen LogP contribution is 2.10. The summed E-state index contributed by atoms with van der Waals surface area (Å²) in [6, 6.07) is 3.86. The van der Waals surface area contributed by atoms with Crippen molar-refractivity contribution >= 4 is 5.69 Å². The standard InChI is InChI=1S/C13H17N5O3/c1-10(11-3-2-4-14-5-11)15-7-13(19)9-17-8-12(6-16-17)18(20)21/h2-6,8,10,13,15,19H,7,9H2,1H3/t10-,13?/m1/s1. The van der Waals surface area contributed by atoms with Crippen LogP contribution < -0.4 is 5.32 Å². The van der Waals surface area contributed by atoms with Crippen molar-refractivity contribution in [2.24, 2.45) is 0 Å². The molecule has 2 heterocycles. The fourth-order valence-corrected chi connectivity index (χ4v) is 1.89. The SMILES string of the molecule is C[C@@H](NCC(O)Cn1cc([N+](=O)[O-])cn1)c1cccnc1. The van der Waals surface area contributed by atoms with E-state index in [0.29, 0.717) is 6.54 Å². The molecule has 0 bridgehead atoms. The van der Waals surface area contributed by atoms with Crippen molar-refractivity contribution in [1.29, 1.82) is 0 Å². The number of rotatable bonds is 7. The minimum Gasteiger partial charge on any atom is -0.390 e. The molecule has 0 aliphatic rings. The molecule has 1 unspecified atom stereocenters. The number of nitro groups is 1. The second-order valence-corrected chi connectivity index (χ2v) is 4.75. The third-order valence-electron chi connectivity index (χ3n) is 3.07. The number of hydrogen-bond acceptors (Lipinski definition) is 6. The third kappa shape index (κ3) is 4.33. The monoisotopic (exact) mass is 291 g/mol. The molecule has 0 aliphatic heterocycles. The van der Waals surface area contributed by atoms with Crippen LogP contribution in [0.15, 0.2) is 36.9 Å². The molecular weight excluding hydrogens is 274 g/mol. The number of aromatic nitrogens is 3. The summed E-state index contributed by atoms with van der Waals surface area (Å²) in [5, 5.41) is 27.5. The summed E-state index contributed by atoms with van der Waals surface area (Å²) in [5.74, 6) is 0. The van der Waals surface area contributed by atoms with E-state index in [1.807, 2.05) is 19.1 Å². The smallest absolute Gasteiger partial charge is 0.306 e. The Hall–Kier alpha value is -2.32. The Labute approximate surface area is 121 Å². The van der Waals surface area contributed by atoms with Crippen molar-refractivity contribution in [2.75, 3.05) is 6.54 Å². The molecule has 112 valence electrons. The van der Waals surface area contributed by atoms with Crippen LogP contribution >= 0.6 is 0 Å². The number of nitrogens with one attached hydrogen (secondary N) is 1. The summed E-state index contributed by atoms with van der Waals surface area (Å²) >= 11 is 0. The first-order valence-corrected chi connectivity index (χ1v) is 6.54. The zero-order chi connectivity index (χ0) is 15.2. The van der Waals surface area contributed by atoms with Crippen LogP contribution in [-0.4, -0.2) is 37.4 Å². The van der Waals surface area contributed by atoms with Crippen LogP contribution in [0, 0.1) is 10.1 Å². The van der Waals surface area contributed by atoms with Gasteiger partial charge in [-0.15, -0.1) is 0 Å². The molecule has 21 heavy (non-hydrogen) atoms. The molecular formula is C13H17N5O3. The Bertz CT molecular complexity index is 587. The van der Waals surface area contributed by atoms with Crippen molar-refractivity contribution in [3.63, 3.8) is 0 Å². The second-order valence-electron chi connectivity index (χ2n) is 4.75. The molecule has 2 aromatic heterocycles. The largest absolute Gasteiger partial charge is 0.390 e. The third-order valence-corrected chi connectivity index (χ3v) is 3.07. The molecule has 2 aromatic rings. The summed E-state index contributed by atoms with van der Waals surface area (Å²) in [7, 11) is 0. The lowest BCUT2D eigenvalue weighted by molar-refractivity contribution is -0.385. The molecule has 0 amide bonds. The Balaban J connectivity index is 1.81. The number of pyridine rings is 1. The summed E-state index contributed by atoms with van der Waals surface area (Å²) in [4.78, 5) is 14.1. The predicted octanol–water partition coefficient (Wildman–Crippen LogP) is 0.898. The lowest BCUT2D eigenvalue weighted by atomic mass is 10.1. The molecule has 0 fully saturated rings. The van der Waals surface area contributed by atoms with Crippen molar-refractivity contribution in [3.8, 4) is 0 Å². The summed E-state index contributed by atoms with van der Waals surface area (Å²) in [6.07, 6.45) is 5.24. The van der Waals surface area contributed by atoms with E-state index in [9.17, 15) is 15.2 Å². The van der Waals surface area contributed by atoms with Crippen molar-refractivity contribution < 1.29 is 10.0 Å². The fraction of sp³-hybridized carbons (Fsp3) is 0.385. The van der Waals surface area contributed by atoms with E-state index in [2.05, 4.69) is 15.4 Å².